The quantitative estimate of drug-likeness (QED) is 0.773. The lowest BCUT2D eigenvalue weighted by atomic mass is 9.79. The van der Waals surface area contributed by atoms with Crippen LogP contribution in [0.4, 0.5) is 0 Å². The van der Waals surface area contributed by atoms with Crippen LogP contribution >= 0.6 is 15.9 Å². The predicted molar refractivity (Wildman–Crippen MR) is 84.0 cm³/mol. The number of hydrogen-bond acceptors (Lipinski definition) is 4. The van der Waals surface area contributed by atoms with E-state index in [1.165, 1.54) is 7.11 Å². The fourth-order valence-electron chi connectivity index (χ4n) is 2.08. The maximum Gasteiger partial charge on any atom is 0.316 e. The molecule has 116 valence electrons. The molecule has 1 rings (SSSR count). The fourth-order valence-corrected chi connectivity index (χ4v) is 2.80. The van der Waals surface area contributed by atoms with Crippen LogP contribution in [-0.2, 0) is 24.5 Å². The average molecular weight is 357 g/mol. The minimum absolute atomic E-state index is 0.0838. The second-order valence-electron chi connectivity index (χ2n) is 6.07. The Morgan fingerprint density at radius 3 is 2.19 bits per heavy atom. The lowest BCUT2D eigenvalue weighted by Gasteiger charge is -2.29. The molecule has 0 aromatic heterocycles. The topological polar surface area (TPSA) is 52.6 Å². The van der Waals surface area contributed by atoms with Crippen LogP contribution in [0.1, 0.15) is 39.7 Å². The van der Waals surface area contributed by atoms with Crippen LogP contribution in [0, 0.1) is 0 Å². The van der Waals surface area contributed by atoms with E-state index in [0.29, 0.717) is 5.56 Å². The second-order valence-corrected chi connectivity index (χ2v) is 6.92. The maximum atomic E-state index is 12.2. The number of benzene rings is 1. The summed E-state index contributed by atoms with van der Waals surface area (Å²) < 4.78 is 11.0. The largest absolute Gasteiger partial charge is 0.468 e. The molecule has 1 unspecified atom stereocenters. The molecule has 5 heteroatoms. The Labute approximate surface area is 133 Å². The van der Waals surface area contributed by atoms with Gasteiger partial charge in [0.1, 0.15) is 11.0 Å². The van der Waals surface area contributed by atoms with Crippen LogP contribution in [0.2, 0.25) is 0 Å². The molecular weight excluding hydrogens is 336 g/mol. The van der Waals surface area contributed by atoms with Crippen LogP contribution < -0.4 is 0 Å². The molecule has 0 bridgehead atoms. The van der Waals surface area contributed by atoms with Crippen LogP contribution in [0.3, 0.4) is 0 Å². The lowest BCUT2D eigenvalue weighted by molar-refractivity contribution is -0.161. The minimum Gasteiger partial charge on any atom is -0.468 e. The third-order valence-electron chi connectivity index (χ3n) is 3.02. The molecule has 0 aliphatic heterocycles. The van der Waals surface area contributed by atoms with Gasteiger partial charge in [0.2, 0.25) is 0 Å². The Balaban J connectivity index is 3.15. The van der Waals surface area contributed by atoms with Gasteiger partial charge in [0.15, 0.2) is 0 Å². The van der Waals surface area contributed by atoms with Crippen molar-refractivity contribution in [1.29, 1.82) is 0 Å². The van der Waals surface area contributed by atoms with Crippen molar-refractivity contribution < 1.29 is 19.1 Å². The summed E-state index contributed by atoms with van der Waals surface area (Å²) in [5.41, 5.74) is -0.998. The van der Waals surface area contributed by atoms with E-state index in [9.17, 15) is 9.59 Å². The van der Waals surface area contributed by atoms with E-state index < -0.39 is 23.0 Å². The molecule has 0 fully saturated rings. The summed E-state index contributed by atoms with van der Waals surface area (Å²) in [6.07, 6.45) is -0.0838. The molecule has 1 aromatic rings. The highest BCUT2D eigenvalue weighted by atomic mass is 79.9. The van der Waals surface area contributed by atoms with E-state index in [2.05, 4.69) is 15.9 Å². The van der Waals surface area contributed by atoms with Gasteiger partial charge in [-0.05, 0) is 39.3 Å². The summed E-state index contributed by atoms with van der Waals surface area (Å²) in [4.78, 5) is 24.4. The molecule has 0 radical (unpaired) electrons. The smallest absolute Gasteiger partial charge is 0.316 e. The third kappa shape index (κ3) is 4.56. The number of rotatable bonds is 4. The zero-order valence-corrected chi connectivity index (χ0v) is 14.6. The highest BCUT2D eigenvalue weighted by Crippen LogP contribution is 2.35. The molecule has 0 spiro atoms. The summed E-state index contributed by atoms with van der Waals surface area (Å²) in [7, 11) is 1.31. The van der Waals surface area contributed by atoms with Gasteiger partial charge in [-0.1, -0.05) is 34.1 Å². The number of halogens is 1. The van der Waals surface area contributed by atoms with Crippen LogP contribution in [0.15, 0.2) is 28.7 Å². The Bertz CT molecular complexity index is 533. The Hall–Kier alpha value is -1.36. The van der Waals surface area contributed by atoms with Crippen molar-refractivity contribution in [1.82, 2.24) is 0 Å². The van der Waals surface area contributed by atoms with Gasteiger partial charge in [0.05, 0.1) is 13.5 Å². The van der Waals surface area contributed by atoms with Crippen LogP contribution in [0.25, 0.3) is 0 Å². The van der Waals surface area contributed by atoms with Gasteiger partial charge in [-0.2, -0.15) is 0 Å². The van der Waals surface area contributed by atoms with Crippen molar-refractivity contribution in [3.63, 3.8) is 0 Å². The Morgan fingerprint density at radius 1 is 1.14 bits per heavy atom. The van der Waals surface area contributed by atoms with E-state index in [0.717, 1.165) is 4.47 Å². The summed E-state index contributed by atoms with van der Waals surface area (Å²) in [6.45, 7) is 7.05. The Morgan fingerprint density at radius 2 is 1.71 bits per heavy atom. The third-order valence-corrected chi connectivity index (χ3v) is 3.71. The Kier molecular flexibility index (Phi) is 5.56. The first-order valence-electron chi connectivity index (χ1n) is 6.65. The highest BCUT2D eigenvalue weighted by molar-refractivity contribution is 9.10. The first-order chi connectivity index (χ1) is 9.60. The molecule has 4 nitrogen and oxygen atoms in total. The number of esters is 2. The van der Waals surface area contributed by atoms with Gasteiger partial charge in [-0.25, -0.2) is 0 Å². The standard InChI is InChI=1S/C16H21BrO4/c1-15(2,3)21-13(18)10-16(4,14(19)20-5)11-8-6-7-9-12(11)17/h6-9H,10H2,1-5H3. The van der Waals surface area contributed by atoms with E-state index in [4.69, 9.17) is 9.47 Å². The van der Waals surface area contributed by atoms with Crippen molar-refractivity contribution in [3.05, 3.63) is 34.3 Å². The second kappa shape index (κ2) is 6.60. The summed E-state index contributed by atoms with van der Waals surface area (Å²) in [5, 5.41) is 0. The molecule has 1 atom stereocenters. The zero-order valence-electron chi connectivity index (χ0n) is 13.0. The van der Waals surface area contributed by atoms with Gasteiger partial charge in [0, 0.05) is 4.47 Å². The van der Waals surface area contributed by atoms with Crippen molar-refractivity contribution >= 4 is 27.9 Å². The molecule has 0 saturated carbocycles. The summed E-state index contributed by atoms with van der Waals surface area (Å²) >= 11 is 3.42. The van der Waals surface area contributed by atoms with E-state index >= 15 is 0 Å². The molecule has 0 saturated heterocycles. The first-order valence-corrected chi connectivity index (χ1v) is 7.45. The monoisotopic (exact) mass is 356 g/mol. The van der Waals surface area contributed by atoms with Crippen LogP contribution in [0.5, 0.6) is 0 Å². The summed E-state index contributed by atoms with van der Waals surface area (Å²) in [5.74, 6) is -0.911. The summed E-state index contributed by atoms with van der Waals surface area (Å²) in [6, 6.07) is 7.28. The number of methoxy groups -OCH3 is 1. The van der Waals surface area contributed by atoms with Gasteiger partial charge in [-0.3, -0.25) is 9.59 Å². The van der Waals surface area contributed by atoms with Crippen molar-refractivity contribution in [3.8, 4) is 0 Å². The van der Waals surface area contributed by atoms with E-state index in [-0.39, 0.29) is 6.42 Å². The number of carbonyl (C=O) groups is 2. The minimum atomic E-state index is -1.10. The lowest BCUT2D eigenvalue weighted by Crippen LogP contribution is -2.38. The van der Waals surface area contributed by atoms with Gasteiger partial charge < -0.3 is 9.47 Å². The molecule has 1 aromatic carbocycles. The number of carbonyl (C=O) groups excluding carboxylic acids is 2. The molecule has 0 heterocycles. The molecule has 0 aliphatic rings. The molecular formula is C16H21BrO4. The fraction of sp³-hybridized carbons (Fsp3) is 0.500. The number of ether oxygens (including phenoxy) is 2. The molecule has 0 aliphatic carbocycles. The van der Waals surface area contributed by atoms with Crippen molar-refractivity contribution in [2.45, 2.75) is 45.1 Å². The highest BCUT2D eigenvalue weighted by Gasteiger charge is 2.41. The molecule has 0 N–H and O–H groups in total. The van der Waals surface area contributed by atoms with Gasteiger partial charge in [-0.15, -0.1) is 0 Å². The van der Waals surface area contributed by atoms with Crippen LogP contribution in [-0.4, -0.2) is 24.6 Å². The number of hydrogen-bond donors (Lipinski definition) is 0. The maximum absolute atomic E-state index is 12.2. The average Bonchev–Trinajstić information content (AvgIpc) is 2.35. The first kappa shape index (κ1) is 17.7. The van der Waals surface area contributed by atoms with Gasteiger partial charge >= 0.3 is 11.9 Å². The molecule has 21 heavy (non-hydrogen) atoms. The van der Waals surface area contributed by atoms with E-state index in [1.54, 1.807) is 33.8 Å². The van der Waals surface area contributed by atoms with Crippen molar-refractivity contribution in [2.24, 2.45) is 0 Å². The zero-order chi connectivity index (χ0) is 16.3. The van der Waals surface area contributed by atoms with E-state index in [1.807, 2.05) is 18.2 Å². The molecule has 0 amide bonds. The predicted octanol–water partition coefficient (Wildman–Crippen LogP) is 3.61. The van der Waals surface area contributed by atoms with Crippen molar-refractivity contribution in [2.75, 3.05) is 7.11 Å². The SMILES string of the molecule is COC(=O)C(C)(CC(=O)OC(C)(C)C)c1ccccc1Br. The van der Waals surface area contributed by atoms with Gasteiger partial charge in [0.25, 0.3) is 0 Å². The normalized spacial score (nSPS) is 14.2.